The molecule has 2 aromatic carbocycles. The lowest BCUT2D eigenvalue weighted by Gasteiger charge is -2.24. The molecular formula is C22H26N2O2. The number of aryl methyl sites for hydroxylation is 1. The molecule has 0 saturated heterocycles. The molecule has 1 saturated carbocycles. The van der Waals surface area contributed by atoms with Crippen LogP contribution < -0.4 is 10.6 Å². The minimum absolute atomic E-state index is 0.0646. The maximum atomic E-state index is 12.3. The lowest BCUT2D eigenvalue weighted by molar-refractivity contribution is -0.122. The first-order valence-corrected chi connectivity index (χ1v) is 9.45. The van der Waals surface area contributed by atoms with E-state index in [4.69, 9.17) is 0 Å². The predicted molar refractivity (Wildman–Crippen MR) is 104 cm³/mol. The number of benzene rings is 2. The van der Waals surface area contributed by atoms with Crippen molar-refractivity contribution in [2.75, 3.05) is 11.9 Å². The van der Waals surface area contributed by atoms with Gasteiger partial charge in [-0.1, -0.05) is 42.8 Å². The number of amides is 2. The quantitative estimate of drug-likeness (QED) is 0.702. The summed E-state index contributed by atoms with van der Waals surface area (Å²) in [6.45, 7) is 0.657. The van der Waals surface area contributed by atoms with Crippen LogP contribution in [-0.4, -0.2) is 18.4 Å². The second-order valence-corrected chi connectivity index (χ2v) is 6.90. The highest BCUT2D eigenvalue weighted by atomic mass is 16.2. The molecule has 1 aliphatic carbocycles. The fourth-order valence-electron chi connectivity index (χ4n) is 3.06. The van der Waals surface area contributed by atoms with Gasteiger partial charge in [0, 0.05) is 23.7 Å². The molecule has 1 aliphatic rings. The molecule has 0 aromatic heterocycles. The van der Waals surface area contributed by atoms with Crippen LogP contribution in [0, 0.1) is 5.92 Å². The molecule has 2 N–H and O–H groups in total. The van der Waals surface area contributed by atoms with Crippen molar-refractivity contribution in [3.63, 3.8) is 0 Å². The fourth-order valence-corrected chi connectivity index (χ4v) is 3.06. The van der Waals surface area contributed by atoms with Gasteiger partial charge in [-0.3, -0.25) is 9.59 Å². The number of carbonyl (C=O) groups is 2. The summed E-state index contributed by atoms with van der Waals surface area (Å²) in [6, 6.07) is 17.5. The lowest BCUT2D eigenvalue weighted by Crippen LogP contribution is -2.28. The molecule has 0 unspecified atom stereocenters. The third-order valence-corrected chi connectivity index (χ3v) is 4.89. The van der Waals surface area contributed by atoms with E-state index in [-0.39, 0.29) is 17.7 Å². The normalized spacial score (nSPS) is 13.7. The van der Waals surface area contributed by atoms with Crippen LogP contribution in [0.1, 0.15) is 48.0 Å². The molecule has 4 nitrogen and oxygen atoms in total. The zero-order chi connectivity index (χ0) is 18.2. The molecule has 136 valence electrons. The standard InChI is InChI=1S/C22H26N2O2/c25-21(23-15-5-4-10-17-8-2-1-3-9-17)19-13-7-14-20(16-19)24-22(26)18-11-6-12-18/h1-3,7-9,13-14,16,18H,4-6,10-12,15H2,(H,23,25)(H,24,26). The third kappa shape index (κ3) is 5.19. The molecular weight excluding hydrogens is 324 g/mol. The highest BCUT2D eigenvalue weighted by Crippen LogP contribution is 2.27. The van der Waals surface area contributed by atoms with Crippen molar-refractivity contribution < 1.29 is 9.59 Å². The summed E-state index contributed by atoms with van der Waals surface area (Å²) < 4.78 is 0. The summed E-state index contributed by atoms with van der Waals surface area (Å²) in [5.74, 6) is 0.108. The Morgan fingerprint density at radius 2 is 1.77 bits per heavy atom. The Bertz CT molecular complexity index is 739. The van der Waals surface area contributed by atoms with E-state index in [0.717, 1.165) is 38.5 Å². The largest absolute Gasteiger partial charge is 0.352 e. The van der Waals surface area contributed by atoms with E-state index < -0.39 is 0 Å². The number of rotatable bonds is 8. The first-order chi connectivity index (χ1) is 12.7. The Kier molecular flexibility index (Phi) is 6.42. The minimum Gasteiger partial charge on any atom is -0.352 e. The molecule has 0 heterocycles. The number of hydrogen-bond donors (Lipinski definition) is 2. The number of hydrogen-bond acceptors (Lipinski definition) is 2. The van der Waals surface area contributed by atoms with Crippen LogP contribution in [0.4, 0.5) is 5.69 Å². The van der Waals surface area contributed by atoms with Crippen molar-refractivity contribution in [3.05, 3.63) is 65.7 Å². The average molecular weight is 350 g/mol. The molecule has 3 rings (SSSR count). The number of carbonyl (C=O) groups excluding carboxylic acids is 2. The Labute approximate surface area is 155 Å². The monoisotopic (exact) mass is 350 g/mol. The second-order valence-electron chi connectivity index (χ2n) is 6.90. The third-order valence-electron chi connectivity index (χ3n) is 4.89. The summed E-state index contributed by atoms with van der Waals surface area (Å²) in [5, 5.41) is 5.87. The summed E-state index contributed by atoms with van der Waals surface area (Å²) in [7, 11) is 0. The molecule has 4 heteroatoms. The molecule has 0 atom stereocenters. The van der Waals surface area contributed by atoms with Gasteiger partial charge in [-0.25, -0.2) is 0 Å². The topological polar surface area (TPSA) is 58.2 Å². The van der Waals surface area contributed by atoms with Crippen molar-refractivity contribution in [1.29, 1.82) is 0 Å². The van der Waals surface area contributed by atoms with E-state index in [2.05, 4.69) is 22.8 Å². The molecule has 0 bridgehead atoms. The van der Waals surface area contributed by atoms with Crippen molar-refractivity contribution in [3.8, 4) is 0 Å². The molecule has 0 spiro atoms. The van der Waals surface area contributed by atoms with Gasteiger partial charge in [-0.15, -0.1) is 0 Å². The maximum absolute atomic E-state index is 12.3. The van der Waals surface area contributed by atoms with Crippen molar-refractivity contribution in [2.24, 2.45) is 5.92 Å². The molecule has 2 amide bonds. The van der Waals surface area contributed by atoms with Gasteiger partial charge < -0.3 is 10.6 Å². The number of anilines is 1. The van der Waals surface area contributed by atoms with Crippen LogP contribution in [0.15, 0.2) is 54.6 Å². The number of unbranched alkanes of at least 4 members (excludes halogenated alkanes) is 1. The van der Waals surface area contributed by atoms with Crippen LogP contribution in [0.25, 0.3) is 0 Å². The summed E-state index contributed by atoms with van der Waals surface area (Å²) in [4.78, 5) is 24.3. The van der Waals surface area contributed by atoms with Crippen molar-refractivity contribution in [2.45, 2.75) is 38.5 Å². The van der Waals surface area contributed by atoms with Crippen LogP contribution in [0.3, 0.4) is 0 Å². The van der Waals surface area contributed by atoms with Gasteiger partial charge in [0.05, 0.1) is 0 Å². The molecule has 26 heavy (non-hydrogen) atoms. The SMILES string of the molecule is O=C(NCCCCc1ccccc1)c1cccc(NC(=O)C2CCC2)c1. The Hall–Kier alpha value is -2.62. The van der Waals surface area contributed by atoms with Crippen LogP contribution in [0.5, 0.6) is 0 Å². The van der Waals surface area contributed by atoms with E-state index in [1.807, 2.05) is 24.3 Å². The molecule has 1 fully saturated rings. The fraction of sp³-hybridized carbons (Fsp3) is 0.364. The van der Waals surface area contributed by atoms with Gasteiger partial charge in [0.1, 0.15) is 0 Å². The van der Waals surface area contributed by atoms with Crippen LogP contribution in [-0.2, 0) is 11.2 Å². The molecule has 2 aromatic rings. The van der Waals surface area contributed by atoms with Gasteiger partial charge in [0.15, 0.2) is 0 Å². The first kappa shape index (κ1) is 18.2. The van der Waals surface area contributed by atoms with E-state index in [0.29, 0.717) is 17.8 Å². The van der Waals surface area contributed by atoms with Crippen LogP contribution in [0.2, 0.25) is 0 Å². The van der Waals surface area contributed by atoms with Gasteiger partial charge in [0.25, 0.3) is 5.91 Å². The van der Waals surface area contributed by atoms with Crippen molar-refractivity contribution in [1.82, 2.24) is 5.32 Å². The summed E-state index contributed by atoms with van der Waals surface area (Å²) in [6.07, 6.45) is 6.08. The zero-order valence-electron chi connectivity index (χ0n) is 15.0. The highest BCUT2D eigenvalue weighted by molar-refractivity contribution is 5.97. The molecule has 0 aliphatic heterocycles. The smallest absolute Gasteiger partial charge is 0.251 e. The van der Waals surface area contributed by atoms with E-state index in [9.17, 15) is 9.59 Å². The maximum Gasteiger partial charge on any atom is 0.251 e. The predicted octanol–water partition coefficient (Wildman–Crippen LogP) is 4.18. The van der Waals surface area contributed by atoms with E-state index >= 15 is 0 Å². The second kappa shape index (κ2) is 9.18. The first-order valence-electron chi connectivity index (χ1n) is 9.45. The van der Waals surface area contributed by atoms with Crippen LogP contribution >= 0.6 is 0 Å². The molecule has 0 radical (unpaired) electrons. The summed E-state index contributed by atoms with van der Waals surface area (Å²) in [5.41, 5.74) is 2.60. The highest BCUT2D eigenvalue weighted by Gasteiger charge is 2.25. The minimum atomic E-state index is -0.0931. The van der Waals surface area contributed by atoms with Gasteiger partial charge >= 0.3 is 0 Å². The van der Waals surface area contributed by atoms with Gasteiger partial charge in [0.2, 0.25) is 5.91 Å². The summed E-state index contributed by atoms with van der Waals surface area (Å²) >= 11 is 0. The number of nitrogens with one attached hydrogen (secondary N) is 2. The van der Waals surface area contributed by atoms with Crippen molar-refractivity contribution >= 4 is 17.5 Å². The van der Waals surface area contributed by atoms with Gasteiger partial charge in [-0.05, 0) is 55.9 Å². The lowest BCUT2D eigenvalue weighted by atomic mass is 9.85. The Balaban J connectivity index is 1.41. The van der Waals surface area contributed by atoms with Gasteiger partial charge in [-0.2, -0.15) is 0 Å². The zero-order valence-corrected chi connectivity index (χ0v) is 15.0. The Morgan fingerprint density at radius 3 is 2.50 bits per heavy atom. The average Bonchev–Trinajstić information content (AvgIpc) is 2.61. The van der Waals surface area contributed by atoms with E-state index in [1.165, 1.54) is 5.56 Å². The Morgan fingerprint density at radius 1 is 0.962 bits per heavy atom. The van der Waals surface area contributed by atoms with E-state index in [1.54, 1.807) is 18.2 Å².